The SMILES string of the molecule is Cc1ccc(Cn2c(=O)c(=O)n(CCC(=O)NC(C)C(=O)N3CCCCC3)c3ccccc32)cc1. The molecule has 2 heterocycles. The molecule has 1 unspecified atom stereocenters. The maximum absolute atomic E-state index is 13.0. The Balaban J connectivity index is 1.51. The zero-order valence-corrected chi connectivity index (χ0v) is 20.3. The number of hydrogen-bond donors (Lipinski definition) is 1. The highest BCUT2D eigenvalue weighted by atomic mass is 16.2. The molecule has 2 aromatic carbocycles. The van der Waals surface area contributed by atoms with Crippen molar-refractivity contribution in [2.45, 2.75) is 58.7 Å². The van der Waals surface area contributed by atoms with Crippen molar-refractivity contribution in [1.29, 1.82) is 0 Å². The molecule has 8 nitrogen and oxygen atoms in total. The molecule has 0 aliphatic carbocycles. The van der Waals surface area contributed by atoms with Gasteiger partial charge in [0.25, 0.3) is 0 Å². The van der Waals surface area contributed by atoms with Crippen molar-refractivity contribution in [3.63, 3.8) is 0 Å². The highest BCUT2D eigenvalue weighted by Gasteiger charge is 2.23. The number of piperidine rings is 1. The first-order valence-electron chi connectivity index (χ1n) is 12.2. The molecule has 8 heteroatoms. The lowest BCUT2D eigenvalue weighted by Gasteiger charge is -2.29. The quantitative estimate of drug-likeness (QED) is 0.530. The van der Waals surface area contributed by atoms with Crippen molar-refractivity contribution in [2.75, 3.05) is 13.1 Å². The van der Waals surface area contributed by atoms with Crippen LogP contribution in [0, 0.1) is 6.92 Å². The Hall–Kier alpha value is -3.68. The van der Waals surface area contributed by atoms with Crippen LogP contribution in [0.1, 0.15) is 43.7 Å². The van der Waals surface area contributed by atoms with Gasteiger partial charge in [-0.05, 0) is 50.8 Å². The predicted octanol–water partition coefficient (Wildman–Crippen LogP) is 2.43. The number of fused-ring (bicyclic) bond motifs is 1. The molecule has 0 bridgehead atoms. The summed E-state index contributed by atoms with van der Waals surface area (Å²) in [6.45, 7) is 5.46. The van der Waals surface area contributed by atoms with E-state index in [0.717, 1.165) is 43.5 Å². The van der Waals surface area contributed by atoms with Crippen LogP contribution in [-0.4, -0.2) is 45.0 Å². The van der Waals surface area contributed by atoms with Gasteiger partial charge in [-0.25, -0.2) is 0 Å². The van der Waals surface area contributed by atoms with Gasteiger partial charge < -0.3 is 14.8 Å². The number of para-hydroxylation sites is 2. The predicted molar refractivity (Wildman–Crippen MR) is 135 cm³/mol. The Morgan fingerprint density at radius 1 is 0.886 bits per heavy atom. The van der Waals surface area contributed by atoms with Crippen molar-refractivity contribution in [3.8, 4) is 0 Å². The molecule has 1 N–H and O–H groups in total. The fraction of sp³-hybridized carbons (Fsp3) is 0.407. The first-order valence-corrected chi connectivity index (χ1v) is 12.2. The summed E-state index contributed by atoms with van der Waals surface area (Å²) in [4.78, 5) is 53.1. The smallest absolute Gasteiger partial charge is 0.317 e. The van der Waals surface area contributed by atoms with Crippen molar-refractivity contribution >= 4 is 22.8 Å². The van der Waals surface area contributed by atoms with Crippen LogP contribution in [0.2, 0.25) is 0 Å². The van der Waals surface area contributed by atoms with Crippen molar-refractivity contribution in [3.05, 3.63) is 80.4 Å². The van der Waals surface area contributed by atoms with Crippen LogP contribution < -0.4 is 16.4 Å². The summed E-state index contributed by atoms with van der Waals surface area (Å²) in [7, 11) is 0. The third kappa shape index (κ3) is 5.53. The molecular formula is C27H32N4O4. The molecular weight excluding hydrogens is 444 g/mol. The van der Waals surface area contributed by atoms with Gasteiger partial charge in [-0.1, -0.05) is 42.0 Å². The number of rotatable bonds is 7. The molecule has 1 aliphatic rings. The van der Waals surface area contributed by atoms with Crippen molar-refractivity contribution in [2.24, 2.45) is 0 Å². The van der Waals surface area contributed by atoms with Gasteiger partial charge in [-0.2, -0.15) is 0 Å². The van der Waals surface area contributed by atoms with E-state index in [9.17, 15) is 19.2 Å². The Morgan fingerprint density at radius 2 is 1.49 bits per heavy atom. The number of hydrogen-bond acceptors (Lipinski definition) is 4. The average molecular weight is 477 g/mol. The number of carbonyl (C=O) groups excluding carboxylic acids is 2. The lowest BCUT2D eigenvalue weighted by atomic mass is 10.1. The summed E-state index contributed by atoms with van der Waals surface area (Å²) in [5.41, 5.74) is 1.97. The van der Waals surface area contributed by atoms with Crippen molar-refractivity contribution in [1.82, 2.24) is 19.4 Å². The normalized spacial score (nSPS) is 14.6. The molecule has 4 rings (SSSR count). The number of nitrogens with one attached hydrogen (secondary N) is 1. The summed E-state index contributed by atoms with van der Waals surface area (Å²) in [5.74, 6) is -0.415. The fourth-order valence-electron chi connectivity index (χ4n) is 4.60. The Morgan fingerprint density at radius 3 is 2.14 bits per heavy atom. The summed E-state index contributed by atoms with van der Waals surface area (Å²) in [6.07, 6.45) is 3.08. The third-order valence-electron chi connectivity index (χ3n) is 6.58. The Labute approximate surface area is 204 Å². The molecule has 0 spiro atoms. The lowest BCUT2D eigenvalue weighted by Crippen LogP contribution is -2.48. The molecule has 1 atom stereocenters. The van der Waals surface area contributed by atoms with E-state index in [1.807, 2.05) is 37.3 Å². The second kappa shape index (κ2) is 10.7. The van der Waals surface area contributed by atoms with Gasteiger partial charge in [-0.3, -0.25) is 23.7 Å². The highest BCUT2D eigenvalue weighted by molar-refractivity contribution is 5.87. The van der Waals surface area contributed by atoms with Crippen LogP contribution >= 0.6 is 0 Å². The van der Waals surface area contributed by atoms with Crippen LogP contribution in [0.25, 0.3) is 11.0 Å². The highest BCUT2D eigenvalue weighted by Crippen LogP contribution is 2.14. The first kappa shape index (κ1) is 24.4. The Kier molecular flexibility index (Phi) is 7.48. The molecule has 1 fully saturated rings. The van der Waals surface area contributed by atoms with E-state index < -0.39 is 17.2 Å². The molecule has 1 aromatic heterocycles. The van der Waals surface area contributed by atoms with Gasteiger partial charge in [-0.15, -0.1) is 0 Å². The maximum Gasteiger partial charge on any atom is 0.317 e. The van der Waals surface area contributed by atoms with Gasteiger partial charge in [0.15, 0.2) is 0 Å². The number of nitrogens with zero attached hydrogens (tertiary/aromatic N) is 3. The fourth-order valence-corrected chi connectivity index (χ4v) is 4.60. The van der Waals surface area contributed by atoms with E-state index in [2.05, 4.69) is 5.32 Å². The van der Waals surface area contributed by atoms with E-state index in [-0.39, 0.29) is 31.3 Å². The average Bonchev–Trinajstić information content (AvgIpc) is 2.87. The third-order valence-corrected chi connectivity index (χ3v) is 6.58. The number of benzene rings is 2. The Bertz CT molecular complexity index is 1330. The molecule has 1 saturated heterocycles. The van der Waals surface area contributed by atoms with Gasteiger partial charge >= 0.3 is 11.1 Å². The molecule has 0 saturated carbocycles. The summed E-state index contributed by atoms with van der Waals surface area (Å²) in [6, 6.07) is 14.4. The van der Waals surface area contributed by atoms with E-state index >= 15 is 0 Å². The minimum absolute atomic E-state index is 0.0110. The standard InChI is InChI=1S/C27H32N4O4/c1-19-10-12-21(13-11-19)18-31-23-9-5-4-8-22(23)30(26(34)27(31)35)17-14-24(32)28-20(2)25(33)29-15-6-3-7-16-29/h4-5,8-13,20H,3,6-7,14-18H2,1-2H3,(H,28,32). The zero-order chi connectivity index (χ0) is 24.9. The zero-order valence-electron chi connectivity index (χ0n) is 20.3. The van der Waals surface area contributed by atoms with E-state index in [0.29, 0.717) is 11.0 Å². The van der Waals surface area contributed by atoms with Crippen LogP contribution in [0.5, 0.6) is 0 Å². The molecule has 0 radical (unpaired) electrons. The summed E-state index contributed by atoms with van der Waals surface area (Å²) >= 11 is 0. The molecule has 1 aliphatic heterocycles. The number of likely N-dealkylation sites (tertiary alicyclic amines) is 1. The van der Waals surface area contributed by atoms with E-state index in [4.69, 9.17) is 0 Å². The van der Waals surface area contributed by atoms with Crippen LogP contribution in [0.3, 0.4) is 0 Å². The lowest BCUT2D eigenvalue weighted by molar-refractivity contribution is -0.136. The number of amides is 2. The largest absolute Gasteiger partial charge is 0.345 e. The second-order valence-corrected chi connectivity index (χ2v) is 9.25. The van der Waals surface area contributed by atoms with Gasteiger partial charge in [0.05, 0.1) is 17.6 Å². The first-order chi connectivity index (χ1) is 16.8. The van der Waals surface area contributed by atoms with Crippen LogP contribution in [-0.2, 0) is 22.7 Å². The van der Waals surface area contributed by atoms with Crippen LogP contribution in [0.4, 0.5) is 0 Å². The number of aromatic nitrogens is 2. The molecule has 184 valence electrons. The van der Waals surface area contributed by atoms with Crippen molar-refractivity contribution < 1.29 is 9.59 Å². The summed E-state index contributed by atoms with van der Waals surface area (Å²) < 4.78 is 2.85. The number of carbonyl (C=O) groups is 2. The minimum Gasteiger partial charge on any atom is -0.345 e. The second-order valence-electron chi connectivity index (χ2n) is 9.25. The molecule has 35 heavy (non-hydrogen) atoms. The van der Waals surface area contributed by atoms with E-state index in [1.54, 1.807) is 30.0 Å². The monoisotopic (exact) mass is 476 g/mol. The molecule has 2 amide bonds. The van der Waals surface area contributed by atoms with E-state index in [1.165, 1.54) is 9.13 Å². The van der Waals surface area contributed by atoms with Gasteiger partial charge in [0.2, 0.25) is 11.8 Å². The number of aryl methyl sites for hydroxylation is 2. The van der Waals surface area contributed by atoms with Gasteiger partial charge in [0, 0.05) is 26.1 Å². The van der Waals surface area contributed by atoms with Gasteiger partial charge in [0.1, 0.15) is 6.04 Å². The molecule has 3 aromatic rings. The van der Waals surface area contributed by atoms with Crippen LogP contribution in [0.15, 0.2) is 58.1 Å². The topological polar surface area (TPSA) is 93.4 Å². The summed E-state index contributed by atoms with van der Waals surface area (Å²) in [5, 5.41) is 2.75. The maximum atomic E-state index is 13.0. The minimum atomic E-state index is -0.666.